The number of hydrogen-bond donors (Lipinski definition) is 3. The van der Waals surface area contributed by atoms with Gasteiger partial charge in [-0.2, -0.15) is 0 Å². The summed E-state index contributed by atoms with van der Waals surface area (Å²) < 4.78 is 0. The van der Waals surface area contributed by atoms with Gasteiger partial charge in [-0.3, -0.25) is 4.79 Å². The molecule has 5 heteroatoms. The van der Waals surface area contributed by atoms with Gasteiger partial charge >= 0.3 is 12.0 Å². The van der Waals surface area contributed by atoms with Crippen molar-refractivity contribution < 1.29 is 14.7 Å². The Morgan fingerprint density at radius 3 is 2.19 bits per heavy atom. The lowest BCUT2D eigenvalue weighted by atomic mass is 9.88. The maximum Gasteiger partial charge on any atom is 0.325 e. The van der Waals surface area contributed by atoms with Crippen molar-refractivity contribution >= 4 is 12.0 Å². The van der Waals surface area contributed by atoms with Crippen molar-refractivity contribution in [3.05, 3.63) is 11.8 Å². The van der Waals surface area contributed by atoms with Crippen LogP contribution in [0, 0.1) is 5.41 Å². The van der Waals surface area contributed by atoms with Crippen LogP contribution in [-0.4, -0.2) is 23.1 Å². The molecule has 1 atom stereocenters. The molecule has 0 radical (unpaired) electrons. The van der Waals surface area contributed by atoms with Gasteiger partial charge in [0.1, 0.15) is 6.04 Å². The third-order valence-corrected chi connectivity index (χ3v) is 2.32. The highest BCUT2D eigenvalue weighted by Crippen LogP contribution is 2.23. The van der Waals surface area contributed by atoms with Crippen LogP contribution >= 0.6 is 0 Å². The molecule has 0 saturated heterocycles. The van der Waals surface area contributed by atoms with E-state index >= 15 is 0 Å². The van der Waals surface area contributed by atoms with Crippen LogP contribution in [0.25, 0.3) is 0 Å². The summed E-state index contributed by atoms with van der Waals surface area (Å²) in [4.78, 5) is 21.7. The first-order chi connectivity index (χ1) is 7.14. The Labute approximate surface area is 95.9 Å². The van der Waals surface area contributed by atoms with E-state index in [1.54, 1.807) is 6.20 Å². The second kappa shape index (κ2) is 5.53. The number of carbonyl (C=O) groups is 2. The molecule has 0 aliphatic rings. The zero-order valence-electron chi connectivity index (χ0n) is 10.4. The van der Waals surface area contributed by atoms with E-state index in [0.717, 1.165) is 5.57 Å². The molecule has 3 N–H and O–H groups in total. The number of rotatable bonds is 3. The first kappa shape index (κ1) is 14.5. The number of carbonyl (C=O) groups excluding carboxylic acids is 1. The predicted molar refractivity (Wildman–Crippen MR) is 62.0 cm³/mol. The Balaban J connectivity index is 4.23. The number of urea groups is 1. The van der Waals surface area contributed by atoms with Crippen molar-refractivity contribution in [2.75, 3.05) is 0 Å². The summed E-state index contributed by atoms with van der Waals surface area (Å²) in [6, 6.07) is -1.41. The predicted octanol–water partition coefficient (Wildman–Crippen LogP) is 1.71. The van der Waals surface area contributed by atoms with Crippen LogP contribution in [0.3, 0.4) is 0 Å². The smallest absolute Gasteiger partial charge is 0.325 e. The lowest BCUT2D eigenvalue weighted by Gasteiger charge is -2.19. The number of carboxylic acid groups (broad SMARTS) is 1. The van der Waals surface area contributed by atoms with Gasteiger partial charge in [-0.05, 0) is 19.3 Å². The number of nitrogens with one attached hydrogen (secondary N) is 2. The molecule has 0 fully saturated rings. The molecule has 16 heavy (non-hydrogen) atoms. The zero-order valence-corrected chi connectivity index (χ0v) is 10.4. The van der Waals surface area contributed by atoms with Crippen LogP contribution in [0.15, 0.2) is 11.8 Å². The second-order valence-electron chi connectivity index (χ2n) is 4.76. The summed E-state index contributed by atoms with van der Waals surface area (Å²) >= 11 is 0. The largest absolute Gasteiger partial charge is 0.480 e. The van der Waals surface area contributed by atoms with Crippen LogP contribution in [0.5, 0.6) is 0 Å². The Morgan fingerprint density at radius 2 is 1.81 bits per heavy atom. The van der Waals surface area contributed by atoms with Crippen LogP contribution in [-0.2, 0) is 4.79 Å². The molecule has 92 valence electrons. The standard InChI is InChI=1S/C11H20N2O3/c1-7(11(3,4)5)6-12-10(16)13-8(2)9(14)15/h6,8H,1-5H3,(H,14,15)(H2,12,13,16)/b7-6+. The molecule has 0 aromatic heterocycles. The SMILES string of the molecule is C/C(=C\NC(=O)NC(C)C(=O)O)C(C)(C)C. The molecule has 0 bridgehead atoms. The number of allylic oxidation sites excluding steroid dienone is 1. The summed E-state index contributed by atoms with van der Waals surface area (Å²) in [5.74, 6) is -1.06. The molecule has 0 rings (SSSR count). The molecule has 0 heterocycles. The van der Waals surface area contributed by atoms with Crippen LogP contribution in [0.1, 0.15) is 34.6 Å². The van der Waals surface area contributed by atoms with Crippen LogP contribution in [0.2, 0.25) is 0 Å². The van der Waals surface area contributed by atoms with E-state index in [1.165, 1.54) is 6.92 Å². The van der Waals surface area contributed by atoms with Gasteiger partial charge in [-0.25, -0.2) is 4.79 Å². The molecule has 0 spiro atoms. The van der Waals surface area contributed by atoms with Gasteiger partial charge in [0.25, 0.3) is 0 Å². The van der Waals surface area contributed by atoms with Crippen LogP contribution < -0.4 is 10.6 Å². The lowest BCUT2D eigenvalue weighted by molar-refractivity contribution is -0.138. The van der Waals surface area contributed by atoms with Gasteiger partial charge in [0.05, 0.1) is 0 Å². The topological polar surface area (TPSA) is 78.4 Å². The highest BCUT2D eigenvalue weighted by Gasteiger charge is 2.15. The quantitative estimate of drug-likeness (QED) is 0.688. The minimum absolute atomic E-state index is 0.0221. The van der Waals surface area contributed by atoms with Gasteiger partial charge in [0.2, 0.25) is 0 Å². The normalized spacial score (nSPS) is 14.2. The summed E-state index contributed by atoms with van der Waals surface area (Å²) in [6.07, 6.45) is 1.59. The molecular weight excluding hydrogens is 208 g/mol. The molecule has 0 aromatic rings. The average molecular weight is 228 g/mol. The van der Waals surface area contributed by atoms with Gasteiger partial charge in [0.15, 0.2) is 0 Å². The molecule has 5 nitrogen and oxygen atoms in total. The summed E-state index contributed by atoms with van der Waals surface area (Å²) in [7, 11) is 0. The zero-order chi connectivity index (χ0) is 12.9. The lowest BCUT2D eigenvalue weighted by Crippen LogP contribution is -2.42. The molecule has 0 aliphatic carbocycles. The highest BCUT2D eigenvalue weighted by atomic mass is 16.4. The Kier molecular flexibility index (Phi) is 5.01. The van der Waals surface area contributed by atoms with Crippen molar-refractivity contribution in [2.45, 2.75) is 40.7 Å². The molecule has 0 aromatic carbocycles. The third kappa shape index (κ3) is 5.38. The van der Waals surface area contributed by atoms with E-state index in [-0.39, 0.29) is 5.41 Å². The first-order valence-corrected chi connectivity index (χ1v) is 5.11. The van der Waals surface area contributed by atoms with E-state index in [9.17, 15) is 9.59 Å². The van der Waals surface area contributed by atoms with E-state index in [1.807, 2.05) is 27.7 Å². The fraction of sp³-hybridized carbons (Fsp3) is 0.636. The maximum absolute atomic E-state index is 11.3. The fourth-order valence-corrected chi connectivity index (χ4v) is 0.690. The monoisotopic (exact) mass is 228 g/mol. The molecule has 2 amide bonds. The first-order valence-electron chi connectivity index (χ1n) is 5.11. The van der Waals surface area contributed by atoms with Crippen LogP contribution in [0.4, 0.5) is 4.79 Å². The van der Waals surface area contributed by atoms with E-state index in [0.29, 0.717) is 0 Å². The van der Waals surface area contributed by atoms with Crippen molar-refractivity contribution in [2.24, 2.45) is 5.41 Å². The molecule has 1 unspecified atom stereocenters. The Morgan fingerprint density at radius 1 is 1.31 bits per heavy atom. The summed E-state index contributed by atoms with van der Waals surface area (Å²) in [5, 5.41) is 13.4. The summed E-state index contributed by atoms with van der Waals surface area (Å²) in [6.45, 7) is 9.39. The maximum atomic E-state index is 11.3. The van der Waals surface area contributed by atoms with Crippen molar-refractivity contribution in [1.82, 2.24) is 10.6 Å². The molecule has 0 aliphatic heterocycles. The van der Waals surface area contributed by atoms with E-state index in [2.05, 4.69) is 10.6 Å². The third-order valence-electron chi connectivity index (χ3n) is 2.32. The van der Waals surface area contributed by atoms with Gasteiger partial charge < -0.3 is 15.7 Å². The molecular formula is C11H20N2O3. The highest BCUT2D eigenvalue weighted by molar-refractivity contribution is 5.82. The summed E-state index contributed by atoms with van der Waals surface area (Å²) in [5.41, 5.74) is 0.983. The van der Waals surface area contributed by atoms with Gasteiger partial charge in [-0.15, -0.1) is 0 Å². The Hall–Kier alpha value is -1.52. The van der Waals surface area contributed by atoms with Crippen molar-refractivity contribution in [1.29, 1.82) is 0 Å². The van der Waals surface area contributed by atoms with Crippen molar-refractivity contribution in [3.63, 3.8) is 0 Å². The van der Waals surface area contributed by atoms with Gasteiger partial charge in [-0.1, -0.05) is 26.3 Å². The van der Waals surface area contributed by atoms with Gasteiger partial charge in [0, 0.05) is 6.20 Å². The number of aliphatic carboxylic acids is 1. The Bertz CT molecular complexity index is 303. The average Bonchev–Trinajstić information content (AvgIpc) is 2.12. The minimum atomic E-state index is -1.06. The number of hydrogen-bond acceptors (Lipinski definition) is 2. The minimum Gasteiger partial charge on any atom is -0.480 e. The van der Waals surface area contributed by atoms with E-state index in [4.69, 9.17) is 5.11 Å². The second-order valence-corrected chi connectivity index (χ2v) is 4.76. The fourth-order valence-electron chi connectivity index (χ4n) is 0.690. The number of amides is 2. The van der Waals surface area contributed by atoms with Crippen molar-refractivity contribution in [3.8, 4) is 0 Å². The molecule has 0 saturated carbocycles. The number of carboxylic acids is 1. The van der Waals surface area contributed by atoms with E-state index < -0.39 is 18.0 Å².